The lowest BCUT2D eigenvalue weighted by molar-refractivity contribution is -0.110. The Morgan fingerprint density at radius 2 is 2.32 bits per heavy atom. The number of aromatic nitrogens is 2. The molecule has 2 heterocycles. The Kier molecular flexibility index (Phi) is 3.37. The Labute approximate surface area is 109 Å². The number of amidine groups is 1. The van der Waals surface area contributed by atoms with Crippen molar-refractivity contribution in [1.29, 1.82) is 0 Å². The van der Waals surface area contributed by atoms with Gasteiger partial charge in [0, 0.05) is 6.07 Å². The molecule has 0 unspecified atom stereocenters. The largest absolute Gasteiger partial charge is 0.479 e. The molecule has 1 aliphatic heterocycles. The molecule has 1 aliphatic rings. The molecule has 19 heavy (non-hydrogen) atoms. The summed E-state index contributed by atoms with van der Waals surface area (Å²) in [6.45, 7) is 1.69. The Morgan fingerprint density at radius 1 is 1.53 bits per heavy atom. The number of rotatable bonds is 3. The Bertz CT molecular complexity index is 678. The van der Waals surface area contributed by atoms with Gasteiger partial charge in [-0.3, -0.25) is 4.79 Å². The first-order valence-electron chi connectivity index (χ1n) is 5.30. The second-order valence-corrected chi connectivity index (χ2v) is 3.55. The number of carbonyl (C=O) groups is 1. The fourth-order valence-corrected chi connectivity index (χ4v) is 1.37. The molecule has 1 N–H and O–H groups in total. The predicted molar refractivity (Wildman–Crippen MR) is 71.5 cm³/mol. The van der Waals surface area contributed by atoms with Crippen molar-refractivity contribution < 1.29 is 9.53 Å². The van der Waals surface area contributed by atoms with Gasteiger partial charge in [0.1, 0.15) is 0 Å². The maximum Gasteiger partial charge on any atom is 0.387 e. The van der Waals surface area contributed by atoms with Crippen LogP contribution in [-0.4, -0.2) is 41.0 Å². The molecule has 1 amide bonds. The molecule has 0 aromatic carbocycles. The second kappa shape index (κ2) is 5.12. The van der Waals surface area contributed by atoms with Crippen LogP contribution in [0.4, 0.5) is 5.82 Å². The van der Waals surface area contributed by atoms with Crippen LogP contribution in [0.3, 0.4) is 0 Å². The number of nitrogens with one attached hydrogen (secondary N) is 1. The van der Waals surface area contributed by atoms with Crippen LogP contribution < -0.4 is 14.7 Å². The highest BCUT2D eigenvalue weighted by Gasteiger charge is 2.23. The van der Waals surface area contributed by atoms with Crippen LogP contribution in [0.5, 0.6) is 5.88 Å². The van der Waals surface area contributed by atoms with E-state index in [1.54, 1.807) is 6.92 Å². The third-order valence-electron chi connectivity index (χ3n) is 2.24. The Balaban J connectivity index is 2.17. The van der Waals surface area contributed by atoms with E-state index in [-0.39, 0.29) is 17.4 Å². The van der Waals surface area contributed by atoms with Crippen LogP contribution in [-0.2, 0) is 4.79 Å². The molecule has 0 saturated carbocycles. The molecule has 7 nitrogen and oxygen atoms in total. The van der Waals surface area contributed by atoms with Crippen LogP contribution in [0, 0.1) is 12.3 Å². The number of amides is 1. The van der Waals surface area contributed by atoms with Gasteiger partial charge in [0.2, 0.25) is 12.1 Å². The second-order valence-electron chi connectivity index (χ2n) is 3.55. The first kappa shape index (κ1) is 12.5. The summed E-state index contributed by atoms with van der Waals surface area (Å²) in [6.07, 6.45) is 6.69. The third kappa shape index (κ3) is 2.65. The van der Waals surface area contributed by atoms with Crippen molar-refractivity contribution in [2.45, 2.75) is 6.92 Å². The Hall–Kier alpha value is -2.97. The molecular formula is C12H10N5O2+. The van der Waals surface area contributed by atoms with Gasteiger partial charge in [-0.1, -0.05) is 5.92 Å². The molecule has 1 aromatic heterocycles. The van der Waals surface area contributed by atoms with Crippen molar-refractivity contribution >= 4 is 29.5 Å². The number of terminal acetylenes is 1. The average Bonchev–Trinajstić information content (AvgIpc) is 2.85. The average molecular weight is 256 g/mol. The van der Waals surface area contributed by atoms with E-state index in [2.05, 4.69) is 31.1 Å². The molecule has 1 aromatic rings. The van der Waals surface area contributed by atoms with Crippen molar-refractivity contribution in [3.63, 3.8) is 0 Å². The summed E-state index contributed by atoms with van der Waals surface area (Å²) >= 11 is 0. The molecule has 0 spiro atoms. The maximum absolute atomic E-state index is 11.8. The normalized spacial score (nSPS) is 12.5. The minimum absolute atomic E-state index is 0.206. The van der Waals surface area contributed by atoms with E-state index in [1.165, 1.54) is 19.4 Å². The van der Waals surface area contributed by atoms with Crippen molar-refractivity contribution in [3.05, 3.63) is 11.6 Å². The minimum atomic E-state index is -0.428. The third-order valence-corrected chi connectivity index (χ3v) is 2.24. The highest BCUT2D eigenvalue weighted by Crippen LogP contribution is 2.15. The number of aliphatic imine (C=N–C) groups is 1. The van der Waals surface area contributed by atoms with Gasteiger partial charge in [-0.15, -0.1) is 16.6 Å². The highest BCUT2D eigenvalue weighted by molar-refractivity contribution is 6.64. The van der Waals surface area contributed by atoms with Crippen molar-refractivity contribution in [2.75, 3.05) is 12.4 Å². The lowest BCUT2D eigenvalue weighted by Gasteiger charge is -2.04. The fraction of sp³-hybridized carbons (Fsp3) is 0.167. The number of hydrogen-bond donors (Lipinski definition) is 1. The zero-order valence-corrected chi connectivity index (χ0v) is 10.3. The van der Waals surface area contributed by atoms with Gasteiger partial charge >= 0.3 is 11.7 Å². The molecule has 0 aliphatic carbocycles. The summed E-state index contributed by atoms with van der Waals surface area (Å²) in [5, 5.41) is 10.1. The van der Waals surface area contributed by atoms with Gasteiger partial charge < -0.3 is 10.1 Å². The van der Waals surface area contributed by atoms with Crippen LogP contribution >= 0.6 is 0 Å². The first-order chi connectivity index (χ1) is 9.13. The standard InChI is InChI=1S/C12H9N5O2/c1-4-8-5-10(16-17-12(8)19-3)15-11(18)9-6-13-7(2)14-9/h1,5-6H,2-3H3/p+1. The Morgan fingerprint density at radius 3 is 2.89 bits per heavy atom. The van der Waals surface area contributed by atoms with E-state index in [9.17, 15) is 4.79 Å². The van der Waals surface area contributed by atoms with Crippen LogP contribution in [0.2, 0.25) is 0 Å². The fourth-order valence-electron chi connectivity index (χ4n) is 1.37. The van der Waals surface area contributed by atoms with E-state index in [4.69, 9.17) is 11.2 Å². The minimum Gasteiger partial charge on any atom is -0.479 e. The molecule has 94 valence electrons. The smallest absolute Gasteiger partial charge is 0.387 e. The highest BCUT2D eigenvalue weighted by atomic mass is 16.5. The first-order valence-corrected chi connectivity index (χ1v) is 5.30. The number of anilines is 1. The van der Waals surface area contributed by atoms with Crippen molar-refractivity contribution in [3.8, 4) is 18.2 Å². The molecule has 7 heteroatoms. The maximum atomic E-state index is 11.8. The number of nitrogens with zero attached hydrogens (tertiary/aromatic N) is 4. The van der Waals surface area contributed by atoms with Gasteiger partial charge in [0.05, 0.1) is 19.6 Å². The SMILES string of the molecule is C#Cc1cc(NC(=O)C2=NC(C)=[N+]=C2)nnc1OC. The molecule has 0 atom stereocenters. The number of methoxy groups -OCH3 is 1. The van der Waals surface area contributed by atoms with Crippen LogP contribution in [0.15, 0.2) is 11.1 Å². The molecular weight excluding hydrogens is 246 g/mol. The molecule has 0 fully saturated rings. The summed E-state index contributed by atoms with van der Waals surface area (Å²) in [4.78, 5) is 15.8. The summed E-state index contributed by atoms with van der Waals surface area (Å²) in [6, 6.07) is 1.49. The number of hydrogen-bond acceptors (Lipinski definition) is 5. The quantitative estimate of drug-likeness (QED) is 0.578. The van der Waals surface area contributed by atoms with Gasteiger partial charge in [-0.05, 0) is 4.99 Å². The van der Waals surface area contributed by atoms with Gasteiger partial charge in [0.25, 0.3) is 5.71 Å². The molecule has 2 rings (SSSR count). The zero-order chi connectivity index (χ0) is 13.8. The molecule has 0 radical (unpaired) electrons. The number of carbonyl (C=O) groups excluding carboxylic acids is 1. The van der Waals surface area contributed by atoms with E-state index in [0.29, 0.717) is 11.4 Å². The van der Waals surface area contributed by atoms with Gasteiger partial charge in [-0.25, -0.2) is 4.67 Å². The summed E-state index contributed by atoms with van der Waals surface area (Å²) in [5.41, 5.74) is 0.606. The monoisotopic (exact) mass is 256 g/mol. The van der Waals surface area contributed by atoms with Crippen LogP contribution in [0.25, 0.3) is 0 Å². The van der Waals surface area contributed by atoms with E-state index in [0.717, 1.165) is 0 Å². The van der Waals surface area contributed by atoms with Crippen LogP contribution in [0.1, 0.15) is 12.5 Å². The lowest BCUT2D eigenvalue weighted by atomic mass is 10.3. The summed E-state index contributed by atoms with van der Waals surface area (Å²) in [5.74, 6) is 2.94. The van der Waals surface area contributed by atoms with E-state index < -0.39 is 5.91 Å². The zero-order valence-electron chi connectivity index (χ0n) is 10.3. The van der Waals surface area contributed by atoms with Crippen molar-refractivity contribution in [2.24, 2.45) is 4.99 Å². The number of ether oxygens (including phenoxy) is 1. The summed E-state index contributed by atoms with van der Waals surface area (Å²) in [7, 11) is 1.44. The summed E-state index contributed by atoms with van der Waals surface area (Å²) < 4.78 is 8.81. The molecule has 0 bridgehead atoms. The topological polar surface area (TPSA) is 90.6 Å². The van der Waals surface area contributed by atoms with E-state index >= 15 is 0 Å². The van der Waals surface area contributed by atoms with Gasteiger partial charge in [0.15, 0.2) is 5.82 Å². The van der Waals surface area contributed by atoms with Crippen molar-refractivity contribution in [1.82, 2.24) is 14.9 Å². The molecule has 0 saturated heterocycles. The lowest BCUT2D eigenvalue weighted by Crippen LogP contribution is -2.24. The predicted octanol–water partition coefficient (Wildman–Crippen LogP) is -0.584. The van der Waals surface area contributed by atoms with E-state index in [1.807, 2.05) is 0 Å². The van der Waals surface area contributed by atoms with Gasteiger partial charge in [-0.2, -0.15) is 0 Å².